The first kappa shape index (κ1) is 13.7. The van der Waals surface area contributed by atoms with Gasteiger partial charge in [0.25, 0.3) is 0 Å². The molecule has 1 heterocycles. The summed E-state index contributed by atoms with van der Waals surface area (Å²) in [4.78, 5) is 2.20. The number of ether oxygens (including phenoxy) is 1. The van der Waals surface area contributed by atoms with E-state index >= 15 is 0 Å². The van der Waals surface area contributed by atoms with Crippen LogP contribution in [0.3, 0.4) is 0 Å². The number of hydrogen-bond acceptors (Lipinski definition) is 2. The molecule has 3 nitrogen and oxygen atoms in total. The first-order valence-electron chi connectivity index (χ1n) is 6.27. The molecule has 0 aromatic heterocycles. The standard InChI is InChI=1S/C12H24N2OS/c1-4-14(9-11-6-5-7-15-11)12(16)13-8-10(2)3/h10-11H,4-9H2,1-3H3,(H,13,16). The van der Waals surface area contributed by atoms with Crippen molar-refractivity contribution in [2.24, 2.45) is 5.92 Å². The highest BCUT2D eigenvalue weighted by molar-refractivity contribution is 7.80. The molecule has 1 atom stereocenters. The molecule has 1 saturated heterocycles. The number of thiocarbonyl (C=S) groups is 1. The molecule has 1 aliphatic rings. The first-order chi connectivity index (χ1) is 7.63. The lowest BCUT2D eigenvalue weighted by Gasteiger charge is -2.27. The summed E-state index contributed by atoms with van der Waals surface area (Å²) in [5.41, 5.74) is 0. The van der Waals surface area contributed by atoms with Gasteiger partial charge in [-0.2, -0.15) is 0 Å². The molecule has 1 rings (SSSR count). The second-order valence-electron chi connectivity index (χ2n) is 4.75. The van der Waals surface area contributed by atoms with Crippen molar-refractivity contribution in [3.63, 3.8) is 0 Å². The van der Waals surface area contributed by atoms with Crippen LogP contribution in [0.1, 0.15) is 33.6 Å². The molecule has 0 aromatic carbocycles. The third-order valence-electron chi connectivity index (χ3n) is 2.78. The third kappa shape index (κ3) is 4.66. The van der Waals surface area contributed by atoms with Crippen molar-refractivity contribution in [1.82, 2.24) is 10.2 Å². The van der Waals surface area contributed by atoms with Crippen molar-refractivity contribution >= 4 is 17.3 Å². The van der Waals surface area contributed by atoms with E-state index in [1.807, 2.05) is 0 Å². The van der Waals surface area contributed by atoms with Crippen LogP contribution in [0.5, 0.6) is 0 Å². The Bertz CT molecular complexity index is 215. The van der Waals surface area contributed by atoms with Crippen LogP contribution in [0.15, 0.2) is 0 Å². The summed E-state index contributed by atoms with van der Waals surface area (Å²) in [5.74, 6) is 0.624. The summed E-state index contributed by atoms with van der Waals surface area (Å²) in [7, 11) is 0. The molecule has 1 N–H and O–H groups in total. The minimum absolute atomic E-state index is 0.374. The van der Waals surface area contributed by atoms with Crippen molar-refractivity contribution in [2.45, 2.75) is 39.7 Å². The van der Waals surface area contributed by atoms with Gasteiger partial charge in [0, 0.05) is 26.2 Å². The van der Waals surface area contributed by atoms with Gasteiger partial charge in [-0.25, -0.2) is 0 Å². The number of likely N-dealkylation sites (N-methyl/N-ethyl adjacent to an activating group) is 1. The average molecular weight is 244 g/mol. The third-order valence-corrected chi connectivity index (χ3v) is 3.18. The van der Waals surface area contributed by atoms with Crippen LogP contribution in [0, 0.1) is 5.92 Å². The van der Waals surface area contributed by atoms with Gasteiger partial charge in [-0.05, 0) is 37.9 Å². The number of nitrogens with zero attached hydrogens (tertiary/aromatic N) is 1. The predicted octanol–water partition coefficient (Wildman–Crippen LogP) is 2.02. The van der Waals surface area contributed by atoms with E-state index in [2.05, 4.69) is 31.0 Å². The Kier molecular flexibility index (Phi) is 6.06. The van der Waals surface area contributed by atoms with Crippen LogP contribution in [-0.4, -0.2) is 42.4 Å². The maximum Gasteiger partial charge on any atom is 0.169 e. The molecule has 4 heteroatoms. The van der Waals surface area contributed by atoms with Crippen molar-refractivity contribution in [1.29, 1.82) is 0 Å². The van der Waals surface area contributed by atoms with Crippen LogP contribution in [0.2, 0.25) is 0 Å². The molecule has 0 aliphatic carbocycles. The van der Waals surface area contributed by atoms with Gasteiger partial charge >= 0.3 is 0 Å². The molecule has 0 spiro atoms. The summed E-state index contributed by atoms with van der Waals surface area (Å²) in [6.45, 7) is 10.2. The number of hydrogen-bond donors (Lipinski definition) is 1. The lowest BCUT2D eigenvalue weighted by Crippen LogP contribution is -2.44. The topological polar surface area (TPSA) is 24.5 Å². The lowest BCUT2D eigenvalue weighted by atomic mass is 10.2. The molecule has 0 radical (unpaired) electrons. The molecule has 1 fully saturated rings. The molecule has 0 bridgehead atoms. The Morgan fingerprint density at radius 3 is 2.81 bits per heavy atom. The smallest absolute Gasteiger partial charge is 0.169 e. The van der Waals surface area contributed by atoms with Crippen LogP contribution in [0.4, 0.5) is 0 Å². The van der Waals surface area contributed by atoms with Gasteiger partial charge in [0.15, 0.2) is 5.11 Å². The normalized spacial score (nSPS) is 20.1. The average Bonchev–Trinajstić information content (AvgIpc) is 2.75. The van der Waals surface area contributed by atoms with E-state index in [1.165, 1.54) is 12.8 Å². The van der Waals surface area contributed by atoms with Crippen LogP contribution in [-0.2, 0) is 4.74 Å². The Morgan fingerprint density at radius 2 is 2.31 bits per heavy atom. The maximum absolute atomic E-state index is 5.63. The van der Waals surface area contributed by atoms with E-state index in [4.69, 9.17) is 17.0 Å². The van der Waals surface area contributed by atoms with E-state index in [0.29, 0.717) is 12.0 Å². The van der Waals surface area contributed by atoms with Gasteiger partial charge in [0.1, 0.15) is 0 Å². The first-order valence-corrected chi connectivity index (χ1v) is 6.68. The Balaban J connectivity index is 2.30. The maximum atomic E-state index is 5.63. The van der Waals surface area contributed by atoms with Crippen molar-refractivity contribution < 1.29 is 4.74 Å². The highest BCUT2D eigenvalue weighted by atomic mass is 32.1. The van der Waals surface area contributed by atoms with Crippen LogP contribution < -0.4 is 5.32 Å². The van der Waals surface area contributed by atoms with Gasteiger partial charge < -0.3 is 15.0 Å². The zero-order valence-electron chi connectivity index (χ0n) is 10.7. The molecule has 94 valence electrons. The van der Waals surface area contributed by atoms with E-state index in [1.54, 1.807) is 0 Å². The predicted molar refractivity (Wildman–Crippen MR) is 71.7 cm³/mol. The Labute approximate surface area is 105 Å². The minimum Gasteiger partial charge on any atom is -0.376 e. The fourth-order valence-electron chi connectivity index (χ4n) is 1.79. The summed E-state index contributed by atoms with van der Waals surface area (Å²) in [6.07, 6.45) is 2.73. The van der Waals surface area contributed by atoms with Gasteiger partial charge in [0.2, 0.25) is 0 Å². The van der Waals surface area contributed by atoms with E-state index in [9.17, 15) is 0 Å². The fourth-order valence-corrected chi connectivity index (χ4v) is 2.08. The van der Waals surface area contributed by atoms with Crippen molar-refractivity contribution in [3.05, 3.63) is 0 Å². The van der Waals surface area contributed by atoms with E-state index in [0.717, 1.165) is 31.4 Å². The SMILES string of the molecule is CCN(CC1CCCO1)C(=S)NCC(C)C. The minimum atomic E-state index is 0.374. The van der Waals surface area contributed by atoms with Gasteiger partial charge in [-0.1, -0.05) is 13.8 Å². The molecule has 1 aliphatic heterocycles. The van der Waals surface area contributed by atoms with Gasteiger partial charge in [-0.3, -0.25) is 0 Å². The van der Waals surface area contributed by atoms with Crippen molar-refractivity contribution in [3.8, 4) is 0 Å². The summed E-state index contributed by atoms with van der Waals surface area (Å²) in [5, 5.41) is 4.18. The van der Waals surface area contributed by atoms with Crippen LogP contribution in [0.25, 0.3) is 0 Å². The molecular weight excluding hydrogens is 220 g/mol. The summed E-state index contributed by atoms with van der Waals surface area (Å²) in [6, 6.07) is 0. The van der Waals surface area contributed by atoms with Gasteiger partial charge in [-0.15, -0.1) is 0 Å². The number of nitrogens with one attached hydrogen (secondary N) is 1. The molecule has 0 amide bonds. The zero-order valence-corrected chi connectivity index (χ0v) is 11.5. The Hall–Kier alpha value is -0.350. The Morgan fingerprint density at radius 1 is 1.56 bits per heavy atom. The summed E-state index contributed by atoms with van der Waals surface area (Å²) >= 11 is 5.39. The number of rotatable bonds is 5. The molecule has 1 unspecified atom stereocenters. The second-order valence-corrected chi connectivity index (χ2v) is 5.14. The summed E-state index contributed by atoms with van der Waals surface area (Å²) < 4.78 is 5.63. The highest BCUT2D eigenvalue weighted by Crippen LogP contribution is 2.13. The lowest BCUT2D eigenvalue weighted by molar-refractivity contribution is 0.0921. The molecule has 0 aromatic rings. The molecular formula is C12H24N2OS. The second kappa shape index (κ2) is 7.07. The monoisotopic (exact) mass is 244 g/mol. The van der Waals surface area contributed by atoms with Crippen molar-refractivity contribution in [2.75, 3.05) is 26.2 Å². The quantitative estimate of drug-likeness (QED) is 0.748. The zero-order chi connectivity index (χ0) is 12.0. The fraction of sp³-hybridized carbons (Fsp3) is 0.917. The van der Waals surface area contributed by atoms with Gasteiger partial charge in [0.05, 0.1) is 6.10 Å². The van der Waals surface area contributed by atoms with E-state index < -0.39 is 0 Å². The molecule has 16 heavy (non-hydrogen) atoms. The highest BCUT2D eigenvalue weighted by Gasteiger charge is 2.19. The largest absolute Gasteiger partial charge is 0.376 e. The van der Waals surface area contributed by atoms with E-state index in [-0.39, 0.29) is 0 Å². The molecule has 0 saturated carbocycles. The van der Waals surface area contributed by atoms with Crippen LogP contribution >= 0.6 is 12.2 Å².